The fraction of sp³-hybridized carbons (Fsp3) is 1.00. The Kier molecular flexibility index (Phi) is 4.71. The van der Waals surface area contributed by atoms with Gasteiger partial charge in [0.2, 0.25) is 0 Å². The molecule has 2 rings (SSSR count). The molecule has 2 saturated heterocycles. The van der Waals surface area contributed by atoms with Gasteiger partial charge < -0.3 is 45.5 Å². The Morgan fingerprint density at radius 2 is 1.58 bits per heavy atom. The van der Waals surface area contributed by atoms with Crippen LogP contribution in [-0.4, -0.2) is 87.9 Å². The summed E-state index contributed by atoms with van der Waals surface area (Å²) in [5, 5.41) is 46.9. The van der Waals surface area contributed by atoms with Crippen LogP contribution in [0, 0.1) is 0 Å². The highest BCUT2D eigenvalue weighted by Crippen LogP contribution is 2.28. The highest BCUT2D eigenvalue weighted by atomic mass is 16.7. The fourth-order valence-corrected chi connectivity index (χ4v) is 2.21. The molecular formula is C10H19NO8. The summed E-state index contributed by atoms with van der Waals surface area (Å²) in [6.45, 7) is -0.856. The molecule has 0 spiro atoms. The van der Waals surface area contributed by atoms with Gasteiger partial charge in [-0.1, -0.05) is 0 Å². The van der Waals surface area contributed by atoms with Gasteiger partial charge in [0, 0.05) is 0 Å². The van der Waals surface area contributed by atoms with Crippen molar-refractivity contribution in [3.8, 4) is 0 Å². The first-order chi connectivity index (χ1) is 8.99. The molecule has 19 heavy (non-hydrogen) atoms. The van der Waals surface area contributed by atoms with Crippen LogP contribution >= 0.6 is 0 Å². The molecule has 8 atom stereocenters. The molecule has 9 nitrogen and oxygen atoms in total. The predicted molar refractivity (Wildman–Crippen MR) is 58.6 cm³/mol. The SMILES string of the molecule is N[C@H]1[C@H](O)[C@@H](O[C@H]2[C@H](O)[C@@H](O)O[C@@H]2CO)O[C@@H]1CO. The summed E-state index contributed by atoms with van der Waals surface area (Å²) in [6, 6.07) is -0.827. The van der Waals surface area contributed by atoms with Gasteiger partial charge in [-0.2, -0.15) is 0 Å². The summed E-state index contributed by atoms with van der Waals surface area (Å²) in [5.74, 6) is 0. The van der Waals surface area contributed by atoms with Crippen molar-refractivity contribution in [2.75, 3.05) is 13.2 Å². The van der Waals surface area contributed by atoms with E-state index >= 15 is 0 Å². The minimum absolute atomic E-state index is 0.381. The van der Waals surface area contributed by atoms with Crippen LogP contribution in [0.1, 0.15) is 0 Å². The molecule has 0 saturated carbocycles. The van der Waals surface area contributed by atoms with Gasteiger partial charge >= 0.3 is 0 Å². The third-order valence-corrected chi connectivity index (χ3v) is 3.37. The maximum Gasteiger partial charge on any atom is 0.186 e. The van der Waals surface area contributed by atoms with E-state index in [0.29, 0.717) is 0 Å². The normalized spacial score (nSPS) is 50.8. The van der Waals surface area contributed by atoms with Crippen LogP contribution in [0.25, 0.3) is 0 Å². The number of ether oxygens (including phenoxy) is 3. The molecule has 0 aromatic rings. The van der Waals surface area contributed by atoms with E-state index in [-0.39, 0.29) is 6.61 Å². The van der Waals surface area contributed by atoms with Gasteiger partial charge in [0.1, 0.15) is 30.5 Å². The monoisotopic (exact) mass is 281 g/mol. The third kappa shape index (κ3) is 2.75. The molecule has 2 heterocycles. The third-order valence-electron chi connectivity index (χ3n) is 3.37. The Hall–Kier alpha value is -0.360. The Morgan fingerprint density at radius 3 is 2.11 bits per heavy atom. The zero-order chi connectivity index (χ0) is 14.2. The van der Waals surface area contributed by atoms with Crippen LogP contribution in [0.15, 0.2) is 0 Å². The Bertz CT molecular complexity index is 305. The predicted octanol–water partition coefficient (Wildman–Crippen LogP) is -4.15. The van der Waals surface area contributed by atoms with E-state index in [1.54, 1.807) is 0 Å². The van der Waals surface area contributed by atoms with E-state index in [9.17, 15) is 15.3 Å². The van der Waals surface area contributed by atoms with E-state index < -0.39 is 55.7 Å². The van der Waals surface area contributed by atoms with Crippen molar-refractivity contribution in [3.05, 3.63) is 0 Å². The summed E-state index contributed by atoms with van der Waals surface area (Å²) in [4.78, 5) is 0. The number of aliphatic hydroxyl groups is 5. The lowest BCUT2D eigenvalue weighted by molar-refractivity contribution is -0.215. The van der Waals surface area contributed by atoms with Gasteiger partial charge in [-0.25, -0.2) is 0 Å². The summed E-state index contributed by atoms with van der Waals surface area (Å²) in [5.41, 5.74) is 5.62. The van der Waals surface area contributed by atoms with Crippen molar-refractivity contribution >= 4 is 0 Å². The van der Waals surface area contributed by atoms with Crippen LogP contribution in [0.2, 0.25) is 0 Å². The number of rotatable bonds is 4. The molecular weight excluding hydrogens is 262 g/mol. The number of hydrogen-bond donors (Lipinski definition) is 6. The first kappa shape index (κ1) is 15.0. The maximum absolute atomic E-state index is 9.80. The smallest absolute Gasteiger partial charge is 0.186 e. The minimum atomic E-state index is -1.48. The van der Waals surface area contributed by atoms with Crippen molar-refractivity contribution < 1.29 is 39.7 Å². The average molecular weight is 281 g/mol. The zero-order valence-corrected chi connectivity index (χ0v) is 10.1. The van der Waals surface area contributed by atoms with Crippen molar-refractivity contribution in [1.82, 2.24) is 0 Å². The second kappa shape index (κ2) is 5.95. The van der Waals surface area contributed by atoms with Crippen molar-refractivity contribution in [1.29, 1.82) is 0 Å². The standard InChI is InChI=1S/C10H19NO8/c11-5-3(1-12)18-10(6(5)14)19-8-4(2-13)17-9(16)7(8)15/h3-10,12-16H,1-2,11H2/t3-,4-,5-,6+,7+,8-,9+,10-/m1/s1. The largest absolute Gasteiger partial charge is 0.394 e. The quantitative estimate of drug-likeness (QED) is 0.301. The molecule has 0 aromatic carbocycles. The molecule has 2 aliphatic rings. The van der Waals surface area contributed by atoms with Crippen molar-refractivity contribution in [2.24, 2.45) is 5.73 Å². The first-order valence-electron chi connectivity index (χ1n) is 5.97. The van der Waals surface area contributed by atoms with E-state index in [4.69, 9.17) is 30.2 Å². The van der Waals surface area contributed by atoms with E-state index in [1.165, 1.54) is 0 Å². The highest BCUT2D eigenvalue weighted by Gasteiger charge is 2.49. The molecule has 2 fully saturated rings. The highest BCUT2D eigenvalue weighted by molar-refractivity contribution is 4.93. The lowest BCUT2D eigenvalue weighted by atomic mass is 10.1. The maximum atomic E-state index is 9.80. The van der Waals surface area contributed by atoms with E-state index in [2.05, 4.69) is 0 Å². The van der Waals surface area contributed by atoms with Crippen LogP contribution < -0.4 is 5.73 Å². The molecule has 9 heteroatoms. The second-order valence-electron chi connectivity index (χ2n) is 4.63. The number of aliphatic hydroxyl groups excluding tert-OH is 5. The Labute approximate surface area is 109 Å². The first-order valence-corrected chi connectivity index (χ1v) is 5.97. The molecule has 0 aromatic heterocycles. The molecule has 0 amide bonds. The molecule has 0 radical (unpaired) electrons. The van der Waals surface area contributed by atoms with Crippen LogP contribution in [0.5, 0.6) is 0 Å². The Balaban J connectivity index is 2.00. The summed E-state index contributed by atoms with van der Waals surface area (Å²) >= 11 is 0. The average Bonchev–Trinajstić information content (AvgIpc) is 2.83. The Morgan fingerprint density at radius 1 is 0.947 bits per heavy atom. The van der Waals surface area contributed by atoms with E-state index in [1.807, 2.05) is 0 Å². The second-order valence-corrected chi connectivity index (χ2v) is 4.63. The van der Waals surface area contributed by atoms with Gasteiger partial charge in [0.05, 0.1) is 19.3 Å². The van der Waals surface area contributed by atoms with E-state index in [0.717, 1.165) is 0 Å². The fourth-order valence-electron chi connectivity index (χ4n) is 2.21. The molecule has 0 unspecified atom stereocenters. The van der Waals surface area contributed by atoms with Gasteiger partial charge in [-0.3, -0.25) is 0 Å². The van der Waals surface area contributed by atoms with Crippen molar-refractivity contribution in [3.63, 3.8) is 0 Å². The molecule has 0 aliphatic carbocycles. The zero-order valence-electron chi connectivity index (χ0n) is 10.1. The topological polar surface area (TPSA) is 155 Å². The lowest BCUT2D eigenvalue weighted by Gasteiger charge is -2.24. The van der Waals surface area contributed by atoms with Crippen molar-refractivity contribution in [2.45, 2.75) is 49.1 Å². The molecule has 112 valence electrons. The van der Waals surface area contributed by atoms with Gasteiger partial charge in [-0.15, -0.1) is 0 Å². The summed E-state index contributed by atoms with van der Waals surface area (Å²) in [6.07, 6.45) is -8.01. The summed E-state index contributed by atoms with van der Waals surface area (Å²) in [7, 11) is 0. The number of hydrogen-bond acceptors (Lipinski definition) is 9. The number of nitrogens with two attached hydrogens (primary N) is 1. The van der Waals surface area contributed by atoms with Crippen LogP contribution in [0.3, 0.4) is 0 Å². The summed E-state index contributed by atoms with van der Waals surface area (Å²) < 4.78 is 15.4. The lowest BCUT2D eigenvalue weighted by Crippen LogP contribution is -2.45. The van der Waals surface area contributed by atoms with Crippen LogP contribution in [0.4, 0.5) is 0 Å². The minimum Gasteiger partial charge on any atom is -0.394 e. The van der Waals surface area contributed by atoms with Gasteiger partial charge in [-0.05, 0) is 0 Å². The molecule has 2 aliphatic heterocycles. The molecule has 0 bridgehead atoms. The molecule has 7 N–H and O–H groups in total. The van der Waals surface area contributed by atoms with Gasteiger partial charge in [0.15, 0.2) is 12.6 Å². The van der Waals surface area contributed by atoms with Gasteiger partial charge in [0.25, 0.3) is 0 Å². The van der Waals surface area contributed by atoms with Crippen LogP contribution in [-0.2, 0) is 14.2 Å².